The van der Waals surface area contributed by atoms with E-state index in [2.05, 4.69) is 15.6 Å². The molecule has 2 aromatic carbocycles. The maximum absolute atomic E-state index is 13.3. The van der Waals surface area contributed by atoms with Crippen LogP contribution in [-0.2, 0) is 0 Å². The van der Waals surface area contributed by atoms with Gasteiger partial charge in [-0.1, -0.05) is 18.2 Å². The minimum absolute atomic E-state index is 0.204. The molecule has 0 spiro atoms. The molecule has 0 radical (unpaired) electrons. The fraction of sp³-hybridized carbons (Fsp3) is 0.0526. The zero-order valence-electron chi connectivity index (χ0n) is 13.4. The van der Waals surface area contributed by atoms with Crippen molar-refractivity contribution in [3.05, 3.63) is 83.7 Å². The van der Waals surface area contributed by atoms with Crippen LogP contribution in [0.5, 0.6) is 0 Å². The second-order valence-corrected chi connectivity index (χ2v) is 5.45. The smallest absolute Gasteiger partial charge is 0.274 e. The van der Waals surface area contributed by atoms with E-state index in [4.69, 9.17) is 0 Å². The van der Waals surface area contributed by atoms with E-state index in [-0.39, 0.29) is 11.6 Å². The summed E-state index contributed by atoms with van der Waals surface area (Å²) >= 11 is 0. The van der Waals surface area contributed by atoms with Crippen molar-refractivity contribution in [1.82, 2.24) is 4.98 Å². The number of rotatable bonds is 4. The van der Waals surface area contributed by atoms with E-state index in [0.29, 0.717) is 17.1 Å². The molecule has 0 bridgehead atoms. The molecule has 0 saturated carbocycles. The van der Waals surface area contributed by atoms with Crippen LogP contribution in [0.25, 0.3) is 0 Å². The maximum Gasteiger partial charge on any atom is 0.274 e. The Balaban J connectivity index is 1.77. The number of para-hydroxylation sites is 1. The van der Waals surface area contributed by atoms with E-state index in [1.54, 1.807) is 12.1 Å². The molecule has 0 atom stereocenters. The molecule has 0 aliphatic heterocycles. The molecule has 0 aliphatic rings. The molecular weight excluding hydrogens is 324 g/mol. The van der Waals surface area contributed by atoms with Gasteiger partial charge in [-0.05, 0) is 42.8 Å². The highest BCUT2D eigenvalue weighted by molar-refractivity contribution is 6.03. The maximum atomic E-state index is 13.3. The molecule has 126 valence electrons. The summed E-state index contributed by atoms with van der Waals surface area (Å²) in [6, 6.07) is 14.1. The number of carbonyl (C=O) groups is 1. The number of aryl methyl sites for hydroxylation is 1. The highest BCUT2D eigenvalue weighted by Gasteiger charge is 2.10. The van der Waals surface area contributed by atoms with Crippen LogP contribution in [0.3, 0.4) is 0 Å². The first kappa shape index (κ1) is 16.6. The molecule has 0 unspecified atom stereocenters. The molecule has 1 aromatic heterocycles. The number of nitrogens with zero attached hydrogens (tertiary/aromatic N) is 1. The van der Waals surface area contributed by atoms with Crippen molar-refractivity contribution < 1.29 is 13.6 Å². The molecule has 1 heterocycles. The number of carbonyl (C=O) groups excluding carboxylic acids is 1. The second-order valence-electron chi connectivity index (χ2n) is 5.45. The number of hydrogen-bond donors (Lipinski definition) is 2. The van der Waals surface area contributed by atoms with Gasteiger partial charge < -0.3 is 10.6 Å². The van der Waals surface area contributed by atoms with Crippen molar-refractivity contribution in [2.45, 2.75) is 6.92 Å². The SMILES string of the molecule is Cc1ccccc1NC(=O)c1cc(Nc2ccc(F)c(F)c2)ccn1. The second kappa shape index (κ2) is 7.09. The predicted octanol–water partition coefficient (Wildman–Crippen LogP) is 4.66. The van der Waals surface area contributed by atoms with E-state index in [1.807, 2.05) is 25.1 Å². The van der Waals surface area contributed by atoms with Gasteiger partial charge in [-0.2, -0.15) is 0 Å². The molecular formula is C19H15F2N3O. The molecule has 6 heteroatoms. The number of pyridine rings is 1. The van der Waals surface area contributed by atoms with Gasteiger partial charge in [0.05, 0.1) is 0 Å². The van der Waals surface area contributed by atoms with Crippen LogP contribution in [0.2, 0.25) is 0 Å². The summed E-state index contributed by atoms with van der Waals surface area (Å²) in [7, 11) is 0. The lowest BCUT2D eigenvalue weighted by Crippen LogP contribution is -2.14. The van der Waals surface area contributed by atoms with Crippen molar-refractivity contribution in [1.29, 1.82) is 0 Å². The Morgan fingerprint density at radius 2 is 1.72 bits per heavy atom. The van der Waals surface area contributed by atoms with Gasteiger partial charge in [0.1, 0.15) is 5.69 Å². The Hall–Kier alpha value is -3.28. The first-order valence-corrected chi connectivity index (χ1v) is 7.58. The Kier molecular flexibility index (Phi) is 4.70. The first-order chi connectivity index (χ1) is 12.0. The molecule has 1 amide bonds. The molecule has 0 saturated heterocycles. The van der Waals surface area contributed by atoms with Gasteiger partial charge in [-0.15, -0.1) is 0 Å². The lowest BCUT2D eigenvalue weighted by Gasteiger charge is -2.10. The summed E-state index contributed by atoms with van der Waals surface area (Å²) in [5, 5.41) is 5.71. The van der Waals surface area contributed by atoms with E-state index >= 15 is 0 Å². The number of benzene rings is 2. The van der Waals surface area contributed by atoms with Crippen molar-refractivity contribution >= 4 is 23.0 Å². The zero-order chi connectivity index (χ0) is 17.8. The van der Waals surface area contributed by atoms with Gasteiger partial charge in [-0.3, -0.25) is 9.78 Å². The van der Waals surface area contributed by atoms with Crippen molar-refractivity contribution in [3.8, 4) is 0 Å². The minimum Gasteiger partial charge on any atom is -0.355 e. The van der Waals surface area contributed by atoms with Crippen LogP contribution in [-0.4, -0.2) is 10.9 Å². The summed E-state index contributed by atoms with van der Waals surface area (Å²) in [6.07, 6.45) is 1.47. The monoisotopic (exact) mass is 339 g/mol. The third kappa shape index (κ3) is 3.98. The lowest BCUT2D eigenvalue weighted by atomic mass is 10.2. The van der Waals surface area contributed by atoms with Gasteiger partial charge in [0.2, 0.25) is 0 Å². The summed E-state index contributed by atoms with van der Waals surface area (Å²) in [4.78, 5) is 16.4. The van der Waals surface area contributed by atoms with Gasteiger partial charge in [0.25, 0.3) is 5.91 Å². The van der Waals surface area contributed by atoms with Crippen molar-refractivity contribution in [2.24, 2.45) is 0 Å². The third-order valence-electron chi connectivity index (χ3n) is 3.59. The van der Waals surface area contributed by atoms with Gasteiger partial charge in [-0.25, -0.2) is 8.78 Å². The van der Waals surface area contributed by atoms with Gasteiger partial charge in [0.15, 0.2) is 11.6 Å². The molecule has 2 N–H and O–H groups in total. The van der Waals surface area contributed by atoms with Crippen LogP contribution in [0, 0.1) is 18.6 Å². The summed E-state index contributed by atoms with van der Waals surface area (Å²) in [5.74, 6) is -2.22. The summed E-state index contributed by atoms with van der Waals surface area (Å²) in [5.41, 5.74) is 2.75. The number of anilines is 3. The average Bonchev–Trinajstić information content (AvgIpc) is 2.60. The Labute approximate surface area is 143 Å². The molecule has 0 fully saturated rings. The molecule has 3 rings (SSSR count). The van der Waals surface area contributed by atoms with Crippen LogP contribution in [0.15, 0.2) is 60.8 Å². The average molecular weight is 339 g/mol. The Morgan fingerprint density at radius 3 is 2.48 bits per heavy atom. The highest BCUT2D eigenvalue weighted by atomic mass is 19.2. The predicted molar refractivity (Wildman–Crippen MR) is 93.0 cm³/mol. The molecule has 4 nitrogen and oxygen atoms in total. The van der Waals surface area contributed by atoms with Crippen LogP contribution in [0.1, 0.15) is 16.1 Å². The minimum atomic E-state index is -0.948. The number of halogens is 2. The van der Waals surface area contributed by atoms with E-state index in [9.17, 15) is 13.6 Å². The van der Waals surface area contributed by atoms with Crippen molar-refractivity contribution in [3.63, 3.8) is 0 Å². The standard InChI is InChI=1S/C19H15F2N3O/c1-12-4-2-3-5-17(12)24-19(25)18-11-14(8-9-22-18)23-13-6-7-15(20)16(21)10-13/h2-11H,1H3,(H,22,23)(H,24,25). The van der Waals surface area contributed by atoms with Gasteiger partial charge in [0, 0.05) is 29.3 Å². The topological polar surface area (TPSA) is 54.0 Å². The van der Waals surface area contributed by atoms with Crippen LogP contribution >= 0.6 is 0 Å². The highest BCUT2D eigenvalue weighted by Crippen LogP contribution is 2.20. The molecule has 25 heavy (non-hydrogen) atoms. The lowest BCUT2D eigenvalue weighted by molar-refractivity contribution is 0.102. The van der Waals surface area contributed by atoms with Gasteiger partial charge >= 0.3 is 0 Å². The van der Waals surface area contributed by atoms with E-state index in [1.165, 1.54) is 18.3 Å². The molecule has 3 aromatic rings. The Morgan fingerprint density at radius 1 is 0.960 bits per heavy atom. The third-order valence-corrected chi connectivity index (χ3v) is 3.59. The summed E-state index contributed by atoms with van der Waals surface area (Å²) < 4.78 is 26.3. The zero-order valence-corrected chi connectivity index (χ0v) is 13.4. The largest absolute Gasteiger partial charge is 0.355 e. The summed E-state index contributed by atoms with van der Waals surface area (Å²) in [6.45, 7) is 1.89. The number of nitrogens with one attached hydrogen (secondary N) is 2. The number of amides is 1. The fourth-order valence-electron chi connectivity index (χ4n) is 2.27. The van der Waals surface area contributed by atoms with E-state index < -0.39 is 11.6 Å². The van der Waals surface area contributed by atoms with Crippen LogP contribution in [0.4, 0.5) is 25.8 Å². The normalized spacial score (nSPS) is 10.4. The Bertz CT molecular complexity index is 928. The van der Waals surface area contributed by atoms with Crippen LogP contribution < -0.4 is 10.6 Å². The molecule has 0 aliphatic carbocycles. The fourth-order valence-corrected chi connectivity index (χ4v) is 2.27. The number of aromatic nitrogens is 1. The number of hydrogen-bond acceptors (Lipinski definition) is 3. The van der Waals surface area contributed by atoms with E-state index in [0.717, 1.165) is 17.7 Å². The quantitative estimate of drug-likeness (QED) is 0.727. The first-order valence-electron chi connectivity index (χ1n) is 7.58. The van der Waals surface area contributed by atoms with Crippen molar-refractivity contribution in [2.75, 3.05) is 10.6 Å².